The van der Waals surface area contributed by atoms with Crippen LogP contribution in [-0.4, -0.2) is 0 Å². The van der Waals surface area contributed by atoms with Crippen molar-refractivity contribution in [3.05, 3.63) is 267 Å². The Morgan fingerprint density at radius 1 is 0.147 bits per heavy atom. The quantitative estimate of drug-likeness (QED) is 0.111. The van der Waals surface area contributed by atoms with Crippen molar-refractivity contribution in [3.63, 3.8) is 0 Å². The van der Waals surface area contributed by atoms with Crippen LogP contribution < -0.4 is 0 Å². The molecule has 0 saturated heterocycles. The molecular formula is C68H44. The summed E-state index contributed by atoms with van der Waals surface area (Å²) in [7, 11) is 0. The summed E-state index contributed by atoms with van der Waals surface area (Å²) in [4.78, 5) is 0. The maximum absolute atomic E-state index is 2.45. The Labute approximate surface area is 396 Å². The monoisotopic (exact) mass is 860 g/mol. The van der Waals surface area contributed by atoms with Crippen LogP contribution in [0.1, 0.15) is 0 Å². The van der Waals surface area contributed by atoms with E-state index in [-0.39, 0.29) is 0 Å². The molecule has 316 valence electrons. The lowest BCUT2D eigenvalue weighted by atomic mass is 9.82. The molecule has 0 aliphatic rings. The molecule has 13 rings (SSSR count). The van der Waals surface area contributed by atoms with E-state index >= 15 is 0 Å². The van der Waals surface area contributed by atoms with Crippen LogP contribution in [-0.2, 0) is 0 Å². The van der Waals surface area contributed by atoms with Gasteiger partial charge < -0.3 is 0 Å². The maximum atomic E-state index is 2.45. The molecule has 0 bridgehead atoms. The smallest absolute Gasteiger partial charge is 0.00201 e. The Balaban J connectivity index is 1.01. The summed E-state index contributed by atoms with van der Waals surface area (Å²) in [5, 5.41) is 12.5. The molecule has 0 aliphatic heterocycles. The third-order valence-electron chi connectivity index (χ3n) is 14.0. The fourth-order valence-corrected chi connectivity index (χ4v) is 10.9. The molecule has 0 N–H and O–H groups in total. The molecule has 0 amide bonds. The predicted molar refractivity (Wildman–Crippen MR) is 292 cm³/mol. The van der Waals surface area contributed by atoms with Gasteiger partial charge in [-0.2, -0.15) is 0 Å². The maximum Gasteiger partial charge on any atom is -0.00201 e. The highest BCUT2D eigenvalue weighted by molar-refractivity contribution is 6.24. The van der Waals surface area contributed by atoms with E-state index in [1.807, 2.05) is 0 Å². The molecule has 0 aliphatic carbocycles. The number of rotatable bonds is 7. The van der Waals surface area contributed by atoms with Crippen LogP contribution in [0.15, 0.2) is 267 Å². The minimum Gasteiger partial charge on any atom is -0.0622 e. The summed E-state index contributed by atoms with van der Waals surface area (Å²) in [5.74, 6) is 0. The molecule has 0 nitrogen and oxygen atoms in total. The van der Waals surface area contributed by atoms with Gasteiger partial charge in [0.2, 0.25) is 0 Å². The first-order valence-electron chi connectivity index (χ1n) is 23.6. The van der Waals surface area contributed by atoms with Gasteiger partial charge in [0.1, 0.15) is 0 Å². The number of fused-ring (bicyclic) bond motifs is 6. The van der Waals surface area contributed by atoms with E-state index in [4.69, 9.17) is 0 Å². The largest absolute Gasteiger partial charge is 0.0622 e. The van der Waals surface area contributed by atoms with Crippen LogP contribution in [0.25, 0.3) is 132 Å². The lowest BCUT2D eigenvalue weighted by molar-refractivity contribution is 1.60. The van der Waals surface area contributed by atoms with Gasteiger partial charge in [-0.25, -0.2) is 0 Å². The molecule has 0 atom stereocenters. The van der Waals surface area contributed by atoms with E-state index in [1.165, 1.54) is 132 Å². The molecule has 0 radical (unpaired) electrons. The molecule has 0 heterocycles. The van der Waals surface area contributed by atoms with Crippen LogP contribution >= 0.6 is 0 Å². The second-order valence-electron chi connectivity index (χ2n) is 17.9. The van der Waals surface area contributed by atoms with Gasteiger partial charge in [0.15, 0.2) is 0 Å². The van der Waals surface area contributed by atoms with Crippen molar-refractivity contribution >= 4 is 53.9 Å². The number of hydrogen-bond acceptors (Lipinski definition) is 0. The number of hydrogen-bond donors (Lipinski definition) is 0. The summed E-state index contributed by atoms with van der Waals surface area (Å²) < 4.78 is 0. The Kier molecular flexibility index (Phi) is 9.62. The minimum absolute atomic E-state index is 1.19. The van der Waals surface area contributed by atoms with Gasteiger partial charge in [0.05, 0.1) is 0 Å². The summed E-state index contributed by atoms with van der Waals surface area (Å²) in [5.41, 5.74) is 17.1. The first-order valence-corrected chi connectivity index (χ1v) is 23.6. The normalized spacial score (nSPS) is 11.5. The second-order valence-corrected chi connectivity index (χ2v) is 17.9. The fourth-order valence-electron chi connectivity index (χ4n) is 10.9. The van der Waals surface area contributed by atoms with Crippen molar-refractivity contribution in [2.45, 2.75) is 0 Å². The molecule has 0 heteroatoms. The zero-order valence-electron chi connectivity index (χ0n) is 37.4. The Morgan fingerprint density at radius 3 is 0.912 bits per heavy atom. The van der Waals surface area contributed by atoms with Gasteiger partial charge in [0.25, 0.3) is 0 Å². The third kappa shape index (κ3) is 6.69. The van der Waals surface area contributed by atoms with Gasteiger partial charge in [-0.15, -0.1) is 0 Å². The van der Waals surface area contributed by atoms with E-state index in [0.717, 1.165) is 0 Å². The molecule has 68 heavy (non-hydrogen) atoms. The molecule has 0 aromatic heterocycles. The van der Waals surface area contributed by atoms with Crippen LogP contribution in [0.3, 0.4) is 0 Å². The zero-order chi connectivity index (χ0) is 45.0. The average molecular weight is 861 g/mol. The van der Waals surface area contributed by atoms with Gasteiger partial charge in [-0.05, 0) is 156 Å². The molecule has 0 spiro atoms. The first-order chi connectivity index (χ1) is 33.7. The van der Waals surface area contributed by atoms with Crippen molar-refractivity contribution in [1.82, 2.24) is 0 Å². The summed E-state index contributed by atoms with van der Waals surface area (Å²) in [6.45, 7) is 0. The van der Waals surface area contributed by atoms with E-state index in [9.17, 15) is 0 Å². The lowest BCUT2D eigenvalue weighted by Gasteiger charge is -2.21. The van der Waals surface area contributed by atoms with Crippen molar-refractivity contribution in [3.8, 4) is 77.9 Å². The van der Waals surface area contributed by atoms with E-state index in [0.29, 0.717) is 0 Å². The Hall–Kier alpha value is -8.84. The fraction of sp³-hybridized carbons (Fsp3) is 0. The summed E-state index contributed by atoms with van der Waals surface area (Å²) in [6, 6.07) is 98.4. The molecule has 0 saturated carbocycles. The third-order valence-corrected chi connectivity index (χ3v) is 14.0. The van der Waals surface area contributed by atoms with Gasteiger partial charge in [-0.3, -0.25) is 0 Å². The molecular weight excluding hydrogens is 817 g/mol. The van der Waals surface area contributed by atoms with E-state index in [1.54, 1.807) is 0 Å². The molecule has 0 fully saturated rings. The van der Waals surface area contributed by atoms with Crippen LogP contribution in [0, 0.1) is 0 Å². The number of benzene rings is 13. The Morgan fingerprint density at radius 2 is 0.456 bits per heavy atom. The van der Waals surface area contributed by atoms with Gasteiger partial charge in [-0.1, -0.05) is 243 Å². The molecule has 13 aromatic carbocycles. The highest BCUT2D eigenvalue weighted by Crippen LogP contribution is 2.48. The lowest BCUT2D eigenvalue weighted by Crippen LogP contribution is -1.94. The van der Waals surface area contributed by atoms with Crippen LogP contribution in [0.5, 0.6) is 0 Å². The van der Waals surface area contributed by atoms with Gasteiger partial charge in [0, 0.05) is 0 Å². The summed E-state index contributed by atoms with van der Waals surface area (Å²) >= 11 is 0. The Bertz CT molecular complexity index is 3960. The zero-order valence-corrected chi connectivity index (χ0v) is 37.4. The summed E-state index contributed by atoms with van der Waals surface area (Å²) in [6.07, 6.45) is 0. The average Bonchev–Trinajstić information content (AvgIpc) is 3.42. The molecule has 13 aromatic rings. The predicted octanol–water partition coefficient (Wildman–Crippen LogP) is 19.1. The van der Waals surface area contributed by atoms with Gasteiger partial charge >= 0.3 is 0 Å². The van der Waals surface area contributed by atoms with Crippen LogP contribution in [0.4, 0.5) is 0 Å². The second kappa shape index (κ2) is 16.5. The van der Waals surface area contributed by atoms with Crippen LogP contribution in [0.2, 0.25) is 0 Å². The van der Waals surface area contributed by atoms with E-state index < -0.39 is 0 Å². The van der Waals surface area contributed by atoms with Crippen molar-refractivity contribution in [2.75, 3.05) is 0 Å². The topological polar surface area (TPSA) is 0 Å². The minimum atomic E-state index is 1.19. The highest BCUT2D eigenvalue weighted by atomic mass is 14.2. The SMILES string of the molecule is c1ccc(-c2cc3ccccc3cc2-c2ccc3c(c2)c(-c2ccccc2)c(-c2ccccc2)c2cc(-c4ccc(-c5c6ccccc6c(-c6ccccc6)c6ccccc56)cc4)ccc23)cc1. The standard InChI is InChI=1S/C68H44/c1-5-19-46(20-6-1)61-41-51-27-13-14-28-52(51)42-62(61)54-38-40-56-55-39-37-53(43-63(55)67(48-23-9-3-10-24-48)68(64(56)44-54)49-25-11-4-12-26-49)45-33-35-50(36-34-45)66-59-31-17-15-29-57(59)65(47-21-7-2-8-22-47)58-30-16-18-32-60(58)66/h1-44H. The van der Waals surface area contributed by atoms with Crippen molar-refractivity contribution in [1.29, 1.82) is 0 Å². The highest BCUT2D eigenvalue weighted by Gasteiger charge is 2.21. The molecule has 0 unspecified atom stereocenters. The van der Waals surface area contributed by atoms with E-state index in [2.05, 4.69) is 267 Å². The van der Waals surface area contributed by atoms with Crippen molar-refractivity contribution in [2.24, 2.45) is 0 Å². The first kappa shape index (κ1) is 39.5. The van der Waals surface area contributed by atoms with Crippen molar-refractivity contribution < 1.29 is 0 Å².